The van der Waals surface area contributed by atoms with E-state index in [1.807, 2.05) is 24.4 Å². The van der Waals surface area contributed by atoms with Crippen molar-refractivity contribution in [3.05, 3.63) is 76.8 Å². The average molecular weight is 412 g/mol. The molecule has 31 heavy (non-hydrogen) atoms. The van der Waals surface area contributed by atoms with Crippen molar-refractivity contribution >= 4 is 21.8 Å². The molecular formula is C25H25N5O. The summed E-state index contributed by atoms with van der Waals surface area (Å²) >= 11 is 0. The monoisotopic (exact) mass is 411 g/mol. The molecule has 3 heterocycles. The van der Waals surface area contributed by atoms with Crippen LogP contribution >= 0.6 is 0 Å². The van der Waals surface area contributed by atoms with Crippen molar-refractivity contribution in [3.8, 4) is 22.4 Å². The number of pyridine rings is 1. The summed E-state index contributed by atoms with van der Waals surface area (Å²) in [6, 6.07) is 16.4. The molecule has 4 N–H and O–H groups in total. The number of nitrogens with zero attached hydrogens (tertiary/aromatic N) is 1. The maximum absolute atomic E-state index is 12.8. The molecule has 0 spiro atoms. The van der Waals surface area contributed by atoms with Crippen LogP contribution in [0.3, 0.4) is 0 Å². The van der Waals surface area contributed by atoms with Crippen LogP contribution in [-0.4, -0.2) is 26.7 Å². The lowest BCUT2D eigenvalue weighted by Crippen LogP contribution is -2.14. The Kier molecular flexibility index (Phi) is 5.14. The fraction of sp³-hybridized carbons (Fsp3) is 0.200. The predicted molar refractivity (Wildman–Crippen MR) is 126 cm³/mol. The summed E-state index contributed by atoms with van der Waals surface area (Å²) in [7, 11) is 0. The number of fused-ring (bicyclic) bond motifs is 2. The summed E-state index contributed by atoms with van der Waals surface area (Å²) in [6.45, 7) is 4.08. The molecule has 0 bridgehead atoms. The zero-order valence-electron chi connectivity index (χ0n) is 17.5. The molecule has 0 atom stereocenters. The maximum Gasteiger partial charge on any atom is 0.257 e. The molecule has 2 aromatic carbocycles. The third kappa shape index (κ3) is 3.90. The first-order valence-corrected chi connectivity index (χ1v) is 10.7. The van der Waals surface area contributed by atoms with Gasteiger partial charge in [0.15, 0.2) is 0 Å². The highest BCUT2D eigenvalue weighted by Gasteiger charge is 2.10. The molecule has 0 aliphatic rings. The number of hydrogen-bond donors (Lipinski definition) is 4. The van der Waals surface area contributed by atoms with E-state index in [1.165, 1.54) is 18.4 Å². The van der Waals surface area contributed by atoms with E-state index < -0.39 is 0 Å². The first-order chi connectivity index (χ1) is 15.2. The van der Waals surface area contributed by atoms with E-state index in [2.05, 4.69) is 62.7 Å². The zero-order valence-corrected chi connectivity index (χ0v) is 17.5. The molecule has 0 fully saturated rings. The van der Waals surface area contributed by atoms with Gasteiger partial charge in [-0.2, -0.15) is 5.10 Å². The first kappa shape index (κ1) is 19.3. The number of nitrogens with one attached hydrogen (secondary N) is 4. The van der Waals surface area contributed by atoms with E-state index in [1.54, 1.807) is 6.20 Å². The van der Waals surface area contributed by atoms with E-state index >= 15 is 0 Å². The molecule has 156 valence electrons. The highest BCUT2D eigenvalue weighted by molar-refractivity contribution is 5.90. The van der Waals surface area contributed by atoms with Crippen molar-refractivity contribution in [1.29, 1.82) is 0 Å². The number of aromatic nitrogens is 4. The Hall–Kier alpha value is -3.64. The number of unbranched alkanes of at least 4 members (excludes halogenated alkanes) is 1. The lowest BCUT2D eigenvalue weighted by molar-refractivity contribution is 0.642. The van der Waals surface area contributed by atoms with Crippen molar-refractivity contribution in [2.24, 2.45) is 0 Å². The van der Waals surface area contributed by atoms with Gasteiger partial charge in [-0.1, -0.05) is 25.5 Å². The summed E-state index contributed by atoms with van der Waals surface area (Å²) in [5.74, 6) is 0. The van der Waals surface area contributed by atoms with Crippen LogP contribution in [0.4, 0.5) is 0 Å². The van der Waals surface area contributed by atoms with Crippen LogP contribution in [0.25, 0.3) is 44.2 Å². The van der Waals surface area contributed by atoms with E-state index in [0.717, 1.165) is 51.7 Å². The van der Waals surface area contributed by atoms with Gasteiger partial charge in [0.25, 0.3) is 5.56 Å². The van der Waals surface area contributed by atoms with Gasteiger partial charge in [0.1, 0.15) is 0 Å². The topological polar surface area (TPSA) is 89.4 Å². The van der Waals surface area contributed by atoms with Crippen LogP contribution in [0.1, 0.15) is 25.3 Å². The summed E-state index contributed by atoms with van der Waals surface area (Å²) in [6.07, 6.45) is 6.03. The highest BCUT2D eigenvalue weighted by atomic mass is 16.1. The fourth-order valence-corrected chi connectivity index (χ4v) is 3.97. The quantitative estimate of drug-likeness (QED) is 0.286. The van der Waals surface area contributed by atoms with Crippen molar-refractivity contribution < 1.29 is 0 Å². The molecule has 6 nitrogen and oxygen atoms in total. The minimum atomic E-state index is -0.100. The SMILES string of the molecule is CCCCNCc1ccc2[nH]c(-c3cc4cc(-c5cn[nH]c5)ccc4[nH]c3=O)cc2c1. The number of aromatic amines is 3. The highest BCUT2D eigenvalue weighted by Crippen LogP contribution is 2.27. The normalized spacial score (nSPS) is 11.5. The molecule has 3 aromatic heterocycles. The summed E-state index contributed by atoms with van der Waals surface area (Å²) in [5, 5.41) is 12.4. The molecule has 0 saturated carbocycles. The fourth-order valence-electron chi connectivity index (χ4n) is 3.97. The number of rotatable bonds is 7. The maximum atomic E-state index is 12.8. The Balaban J connectivity index is 1.50. The minimum absolute atomic E-state index is 0.100. The Labute approximate surface area is 179 Å². The smallest absolute Gasteiger partial charge is 0.257 e. The van der Waals surface area contributed by atoms with Gasteiger partial charge in [-0.05, 0) is 65.9 Å². The molecule has 6 heteroatoms. The largest absolute Gasteiger partial charge is 0.354 e. The van der Waals surface area contributed by atoms with E-state index in [0.29, 0.717) is 5.56 Å². The number of H-pyrrole nitrogens is 3. The van der Waals surface area contributed by atoms with Crippen molar-refractivity contribution in [1.82, 2.24) is 25.5 Å². The van der Waals surface area contributed by atoms with Crippen LogP contribution in [0.5, 0.6) is 0 Å². The van der Waals surface area contributed by atoms with Crippen LogP contribution in [0.15, 0.2) is 65.7 Å². The van der Waals surface area contributed by atoms with Gasteiger partial charge in [-0.3, -0.25) is 9.89 Å². The third-order valence-electron chi connectivity index (χ3n) is 5.69. The van der Waals surface area contributed by atoms with Crippen LogP contribution < -0.4 is 10.9 Å². The molecule has 0 unspecified atom stereocenters. The van der Waals surface area contributed by atoms with Gasteiger partial charge in [-0.15, -0.1) is 0 Å². The summed E-state index contributed by atoms with van der Waals surface area (Å²) in [5.41, 5.74) is 6.51. The Bertz CT molecular complexity index is 1400. The second-order valence-corrected chi connectivity index (χ2v) is 7.94. The van der Waals surface area contributed by atoms with Crippen molar-refractivity contribution in [2.45, 2.75) is 26.3 Å². The molecule has 5 rings (SSSR count). The zero-order chi connectivity index (χ0) is 21.2. The lowest BCUT2D eigenvalue weighted by Gasteiger charge is -2.04. The van der Waals surface area contributed by atoms with Crippen LogP contribution in [-0.2, 0) is 6.54 Å². The van der Waals surface area contributed by atoms with E-state index in [4.69, 9.17) is 0 Å². The van der Waals surface area contributed by atoms with Gasteiger partial charge in [0, 0.05) is 34.7 Å². The number of hydrogen-bond acceptors (Lipinski definition) is 3. The van der Waals surface area contributed by atoms with Gasteiger partial charge >= 0.3 is 0 Å². The van der Waals surface area contributed by atoms with Gasteiger partial charge in [0.2, 0.25) is 0 Å². The molecule has 0 saturated heterocycles. The Morgan fingerprint density at radius 3 is 2.61 bits per heavy atom. The van der Waals surface area contributed by atoms with Crippen molar-refractivity contribution in [3.63, 3.8) is 0 Å². The second-order valence-electron chi connectivity index (χ2n) is 7.94. The average Bonchev–Trinajstić information content (AvgIpc) is 3.46. The van der Waals surface area contributed by atoms with Crippen LogP contribution in [0.2, 0.25) is 0 Å². The Morgan fingerprint density at radius 1 is 0.935 bits per heavy atom. The van der Waals surface area contributed by atoms with Gasteiger partial charge in [0.05, 0.1) is 17.5 Å². The molecule has 0 aliphatic heterocycles. The van der Waals surface area contributed by atoms with E-state index in [-0.39, 0.29) is 5.56 Å². The van der Waals surface area contributed by atoms with Gasteiger partial charge < -0.3 is 15.3 Å². The summed E-state index contributed by atoms with van der Waals surface area (Å²) < 4.78 is 0. The number of benzene rings is 2. The molecule has 0 aliphatic carbocycles. The third-order valence-corrected chi connectivity index (χ3v) is 5.69. The first-order valence-electron chi connectivity index (χ1n) is 10.7. The standard InChI is InChI=1S/C25H25N5O/c1-2-3-8-26-13-16-4-6-22-18(9-16)12-24(29-22)21-11-19-10-17(20-14-27-28-15-20)5-7-23(19)30-25(21)31/h4-7,9-12,14-15,26,29H,2-3,8,13H2,1H3,(H,27,28)(H,30,31). The lowest BCUT2D eigenvalue weighted by atomic mass is 10.0. The molecule has 5 aromatic rings. The molecule has 0 radical (unpaired) electrons. The molecule has 0 amide bonds. The Morgan fingerprint density at radius 2 is 1.77 bits per heavy atom. The molecular weight excluding hydrogens is 386 g/mol. The van der Waals surface area contributed by atoms with Crippen LogP contribution in [0, 0.1) is 0 Å². The van der Waals surface area contributed by atoms with E-state index in [9.17, 15) is 4.79 Å². The predicted octanol–water partition coefficient (Wildman–Crippen LogP) is 4.96. The minimum Gasteiger partial charge on any atom is -0.354 e. The van der Waals surface area contributed by atoms with Crippen molar-refractivity contribution in [2.75, 3.05) is 6.54 Å². The van der Waals surface area contributed by atoms with Gasteiger partial charge in [-0.25, -0.2) is 0 Å². The summed E-state index contributed by atoms with van der Waals surface area (Å²) in [4.78, 5) is 19.2. The second kappa shape index (κ2) is 8.24.